The fraction of sp³-hybridized carbons (Fsp3) is 0.667. The Balaban J connectivity index is 0.00000121. The van der Waals surface area contributed by atoms with Crippen LogP contribution in [0.2, 0.25) is 0 Å². The standard InChI is InChI=1S/C18H25BrN4O.2ClH/c19-14-5-6-17(20-12-14)22-7-9-23(10-8-22)18(24)16-11-13-3-1-2-4-15(13)21-16;;/h5-6,12-13,15-16,21H,1-4,7-11H2;2*1H. The minimum atomic E-state index is 0. The molecular formula is C18H27BrCl2N4O. The van der Waals surface area contributed by atoms with Crippen LogP contribution < -0.4 is 10.2 Å². The largest absolute Gasteiger partial charge is 0.353 e. The van der Waals surface area contributed by atoms with Gasteiger partial charge in [-0.1, -0.05) is 12.8 Å². The van der Waals surface area contributed by atoms with E-state index in [2.05, 4.69) is 31.1 Å². The van der Waals surface area contributed by atoms with E-state index in [9.17, 15) is 4.79 Å². The maximum absolute atomic E-state index is 12.9. The molecule has 3 heterocycles. The zero-order valence-electron chi connectivity index (χ0n) is 14.8. The summed E-state index contributed by atoms with van der Waals surface area (Å²) in [5.74, 6) is 2.03. The maximum Gasteiger partial charge on any atom is 0.239 e. The molecule has 2 aliphatic heterocycles. The fourth-order valence-electron chi connectivity index (χ4n) is 4.44. The summed E-state index contributed by atoms with van der Waals surface area (Å²) >= 11 is 3.42. The Labute approximate surface area is 176 Å². The first-order chi connectivity index (χ1) is 11.7. The molecular weight excluding hydrogens is 439 g/mol. The van der Waals surface area contributed by atoms with Gasteiger partial charge in [-0.15, -0.1) is 24.8 Å². The van der Waals surface area contributed by atoms with Crippen molar-refractivity contribution in [3.05, 3.63) is 22.8 Å². The van der Waals surface area contributed by atoms with E-state index in [1.54, 1.807) is 0 Å². The molecule has 3 fully saturated rings. The van der Waals surface area contributed by atoms with E-state index in [1.807, 2.05) is 23.2 Å². The maximum atomic E-state index is 12.9. The van der Waals surface area contributed by atoms with Crippen LogP contribution in [0.1, 0.15) is 32.1 Å². The third kappa shape index (κ3) is 4.64. The molecule has 0 radical (unpaired) electrons. The van der Waals surface area contributed by atoms with Crippen LogP contribution in [0.15, 0.2) is 22.8 Å². The Kier molecular flexibility index (Phi) is 8.01. The number of anilines is 1. The Morgan fingerprint density at radius 3 is 2.50 bits per heavy atom. The van der Waals surface area contributed by atoms with Crippen LogP contribution in [0.3, 0.4) is 0 Å². The second kappa shape index (κ2) is 9.58. The summed E-state index contributed by atoms with van der Waals surface area (Å²) in [6, 6.07) is 4.69. The quantitative estimate of drug-likeness (QED) is 0.728. The number of pyridine rings is 1. The van der Waals surface area contributed by atoms with Crippen molar-refractivity contribution < 1.29 is 4.79 Å². The lowest BCUT2D eigenvalue weighted by molar-refractivity contribution is -0.133. The van der Waals surface area contributed by atoms with Crippen molar-refractivity contribution in [3.63, 3.8) is 0 Å². The molecule has 8 heteroatoms. The van der Waals surface area contributed by atoms with Crippen LogP contribution in [0, 0.1) is 5.92 Å². The van der Waals surface area contributed by atoms with Gasteiger partial charge in [0, 0.05) is 42.9 Å². The normalized spacial score (nSPS) is 28.0. The zero-order chi connectivity index (χ0) is 16.5. The molecule has 2 saturated heterocycles. The number of nitrogens with one attached hydrogen (secondary N) is 1. The third-order valence-electron chi connectivity index (χ3n) is 5.79. The summed E-state index contributed by atoms with van der Waals surface area (Å²) in [5, 5.41) is 3.62. The van der Waals surface area contributed by atoms with E-state index in [1.165, 1.54) is 25.7 Å². The van der Waals surface area contributed by atoms with E-state index in [-0.39, 0.29) is 30.9 Å². The molecule has 146 valence electrons. The monoisotopic (exact) mass is 464 g/mol. The Hall–Kier alpha value is -0.560. The number of halogens is 3. The lowest BCUT2D eigenvalue weighted by Gasteiger charge is -2.36. The molecule has 3 atom stereocenters. The fourth-order valence-corrected chi connectivity index (χ4v) is 4.68. The number of rotatable bonds is 2. The number of carbonyl (C=O) groups excluding carboxylic acids is 1. The van der Waals surface area contributed by atoms with Crippen molar-refractivity contribution in [1.29, 1.82) is 0 Å². The Bertz CT molecular complexity index is 581. The van der Waals surface area contributed by atoms with E-state index < -0.39 is 0 Å². The minimum absolute atomic E-state index is 0. The van der Waals surface area contributed by atoms with Crippen LogP contribution in [0.5, 0.6) is 0 Å². The van der Waals surface area contributed by atoms with Gasteiger partial charge in [-0.2, -0.15) is 0 Å². The van der Waals surface area contributed by atoms with Crippen molar-refractivity contribution in [3.8, 4) is 0 Å². The third-order valence-corrected chi connectivity index (χ3v) is 6.26. The molecule has 0 aromatic carbocycles. The van der Waals surface area contributed by atoms with E-state index >= 15 is 0 Å². The minimum Gasteiger partial charge on any atom is -0.353 e. The van der Waals surface area contributed by atoms with Gasteiger partial charge in [-0.05, 0) is 53.2 Å². The van der Waals surface area contributed by atoms with Crippen molar-refractivity contribution in [2.24, 2.45) is 5.92 Å². The van der Waals surface area contributed by atoms with Gasteiger partial charge in [-0.25, -0.2) is 4.98 Å². The van der Waals surface area contributed by atoms with Crippen molar-refractivity contribution >= 4 is 52.5 Å². The Morgan fingerprint density at radius 2 is 1.85 bits per heavy atom. The SMILES string of the molecule is Cl.Cl.O=C(C1CC2CCCCC2N1)N1CCN(c2ccc(Br)cn2)CC1. The highest BCUT2D eigenvalue weighted by molar-refractivity contribution is 9.10. The molecule has 0 bridgehead atoms. The topological polar surface area (TPSA) is 48.5 Å². The van der Waals surface area contributed by atoms with Crippen LogP contribution >= 0.6 is 40.7 Å². The molecule has 1 aromatic heterocycles. The van der Waals surface area contributed by atoms with Gasteiger partial charge in [0.25, 0.3) is 0 Å². The van der Waals surface area contributed by atoms with E-state index in [0.29, 0.717) is 11.9 Å². The summed E-state index contributed by atoms with van der Waals surface area (Å²) in [6.07, 6.45) is 8.06. The van der Waals surface area contributed by atoms with Gasteiger partial charge < -0.3 is 15.1 Å². The molecule has 4 rings (SSSR count). The van der Waals surface area contributed by atoms with Crippen LogP contribution in [0.4, 0.5) is 5.82 Å². The van der Waals surface area contributed by atoms with Gasteiger partial charge in [0.05, 0.1) is 6.04 Å². The second-order valence-corrected chi connectivity index (χ2v) is 8.17. The first-order valence-electron chi connectivity index (χ1n) is 9.12. The molecule has 1 amide bonds. The predicted molar refractivity (Wildman–Crippen MR) is 113 cm³/mol. The summed E-state index contributed by atoms with van der Waals surface area (Å²) in [4.78, 5) is 21.6. The van der Waals surface area contributed by atoms with Gasteiger partial charge >= 0.3 is 0 Å². The number of fused-ring (bicyclic) bond motifs is 1. The highest BCUT2D eigenvalue weighted by Gasteiger charge is 2.40. The number of hydrogen-bond acceptors (Lipinski definition) is 4. The van der Waals surface area contributed by atoms with Gasteiger partial charge in [0.1, 0.15) is 5.82 Å². The first kappa shape index (κ1) is 21.7. The second-order valence-electron chi connectivity index (χ2n) is 7.25. The van der Waals surface area contributed by atoms with Gasteiger partial charge in [0.2, 0.25) is 5.91 Å². The smallest absolute Gasteiger partial charge is 0.239 e. The van der Waals surface area contributed by atoms with E-state index in [4.69, 9.17) is 0 Å². The summed E-state index contributed by atoms with van der Waals surface area (Å²) in [7, 11) is 0. The van der Waals surface area contributed by atoms with Crippen LogP contribution in [-0.2, 0) is 4.79 Å². The highest BCUT2D eigenvalue weighted by Crippen LogP contribution is 2.33. The molecule has 0 spiro atoms. The molecule has 1 aliphatic carbocycles. The molecule has 5 nitrogen and oxygen atoms in total. The number of carbonyl (C=O) groups is 1. The summed E-state index contributed by atoms with van der Waals surface area (Å²) in [5.41, 5.74) is 0. The van der Waals surface area contributed by atoms with E-state index in [0.717, 1.165) is 48.8 Å². The summed E-state index contributed by atoms with van der Waals surface area (Å²) in [6.45, 7) is 3.31. The van der Waals surface area contributed by atoms with Crippen LogP contribution in [-0.4, -0.2) is 54.1 Å². The van der Waals surface area contributed by atoms with Gasteiger partial charge in [0.15, 0.2) is 0 Å². The summed E-state index contributed by atoms with van der Waals surface area (Å²) < 4.78 is 0.994. The lowest BCUT2D eigenvalue weighted by Crippen LogP contribution is -2.53. The van der Waals surface area contributed by atoms with Crippen molar-refractivity contribution in [1.82, 2.24) is 15.2 Å². The molecule has 3 unspecified atom stereocenters. The Morgan fingerprint density at radius 1 is 1.12 bits per heavy atom. The number of nitrogens with zero attached hydrogens (tertiary/aromatic N) is 3. The zero-order valence-corrected chi connectivity index (χ0v) is 18.0. The van der Waals surface area contributed by atoms with Crippen LogP contribution in [0.25, 0.3) is 0 Å². The number of hydrogen-bond donors (Lipinski definition) is 1. The molecule has 3 aliphatic rings. The average Bonchev–Trinajstić information content (AvgIpc) is 3.06. The number of piperazine rings is 1. The van der Waals surface area contributed by atoms with Crippen molar-refractivity contribution in [2.45, 2.75) is 44.2 Å². The molecule has 1 aromatic rings. The van der Waals surface area contributed by atoms with Gasteiger partial charge in [-0.3, -0.25) is 4.79 Å². The molecule has 1 saturated carbocycles. The molecule has 26 heavy (non-hydrogen) atoms. The highest BCUT2D eigenvalue weighted by atomic mass is 79.9. The lowest BCUT2D eigenvalue weighted by atomic mass is 9.85. The first-order valence-corrected chi connectivity index (χ1v) is 9.91. The average molecular weight is 466 g/mol. The number of aromatic nitrogens is 1. The van der Waals surface area contributed by atoms with Crippen molar-refractivity contribution in [2.75, 3.05) is 31.1 Å². The number of amides is 1. The predicted octanol–water partition coefficient (Wildman–Crippen LogP) is 3.26. The molecule has 1 N–H and O–H groups in total.